The van der Waals surface area contributed by atoms with E-state index >= 15 is 0 Å². The van der Waals surface area contributed by atoms with Crippen molar-refractivity contribution in [2.24, 2.45) is 5.10 Å². The van der Waals surface area contributed by atoms with E-state index in [4.69, 9.17) is 9.47 Å². The van der Waals surface area contributed by atoms with E-state index in [1.807, 2.05) is 24.3 Å². The molecule has 148 valence electrons. The number of hydrogen-bond acceptors (Lipinski definition) is 6. The largest absolute Gasteiger partial charge is 0.507 e. The van der Waals surface area contributed by atoms with E-state index in [0.717, 1.165) is 10.8 Å². The average molecular weight is 393 g/mol. The number of nitrogens with one attached hydrogen (secondary N) is 2. The number of nitrogens with zero attached hydrogens (tertiary/aromatic N) is 1. The van der Waals surface area contributed by atoms with Crippen LogP contribution in [0.1, 0.15) is 5.56 Å². The van der Waals surface area contributed by atoms with Gasteiger partial charge in [0.1, 0.15) is 17.2 Å². The third-order valence-corrected chi connectivity index (χ3v) is 4.17. The lowest BCUT2D eigenvalue weighted by Crippen LogP contribution is -2.32. The quantitative estimate of drug-likeness (QED) is 0.351. The summed E-state index contributed by atoms with van der Waals surface area (Å²) in [5, 5.41) is 18.0. The summed E-state index contributed by atoms with van der Waals surface area (Å²) >= 11 is 0. The predicted octanol–water partition coefficient (Wildman–Crippen LogP) is 2.65. The highest BCUT2D eigenvalue weighted by atomic mass is 16.5. The summed E-state index contributed by atoms with van der Waals surface area (Å²) in [5.74, 6) is -1.00. The van der Waals surface area contributed by atoms with Crippen LogP contribution in [0.4, 0.5) is 5.69 Å². The molecule has 3 rings (SSSR count). The molecule has 0 fully saturated rings. The fourth-order valence-electron chi connectivity index (χ4n) is 2.71. The van der Waals surface area contributed by atoms with Crippen molar-refractivity contribution in [1.29, 1.82) is 0 Å². The Kier molecular flexibility index (Phi) is 5.94. The average Bonchev–Trinajstić information content (AvgIpc) is 2.75. The van der Waals surface area contributed by atoms with Crippen LogP contribution in [-0.4, -0.2) is 37.4 Å². The molecule has 3 aromatic carbocycles. The third-order valence-electron chi connectivity index (χ3n) is 4.17. The van der Waals surface area contributed by atoms with Crippen LogP contribution in [0.15, 0.2) is 59.7 Å². The molecule has 0 spiro atoms. The summed E-state index contributed by atoms with van der Waals surface area (Å²) in [6.45, 7) is 0. The normalized spacial score (nSPS) is 10.7. The molecule has 0 radical (unpaired) electrons. The zero-order valence-corrected chi connectivity index (χ0v) is 15.8. The second-order valence-electron chi connectivity index (χ2n) is 5.94. The van der Waals surface area contributed by atoms with Crippen LogP contribution < -0.4 is 20.2 Å². The molecule has 3 N–H and O–H groups in total. The van der Waals surface area contributed by atoms with Crippen molar-refractivity contribution in [3.8, 4) is 17.2 Å². The van der Waals surface area contributed by atoms with Crippen molar-refractivity contribution in [2.75, 3.05) is 19.5 Å². The Balaban J connectivity index is 1.70. The minimum Gasteiger partial charge on any atom is -0.507 e. The minimum absolute atomic E-state index is 0.00844. The third kappa shape index (κ3) is 4.44. The molecule has 2 amide bonds. The molecule has 0 atom stereocenters. The standard InChI is InChI=1S/C21H19N3O5/c1-28-14-8-9-17(19(11-14)29-2)23-20(26)21(27)24-22-12-16-15-6-4-3-5-13(15)7-10-18(16)25/h3-12,25H,1-2H3,(H,23,26)(H,24,27)/b22-12+. The van der Waals surface area contributed by atoms with Gasteiger partial charge in [0.2, 0.25) is 0 Å². The number of benzene rings is 3. The lowest BCUT2D eigenvalue weighted by molar-refractivity contribution is -0.136. The molecule has 0 aliphatic rings. The van der Waals surface area contributed by atoms with Crippen LogP contribution in [0.5, 0.6) is 17.2 Å². The Morgan fingerprint density at radius 2 is 1.79 bits per heavy atom. The molecule has 0 bridgehead atoms. The number of aromatic hydroxyl groups is 1. The second-order valence-corrected chi connectivity index (χ2v) is 5.94. The minimum atomic E-state index is -0.973. The SMILES string of the molecule is COc1ccc(NC(=O)C(=O)N/N=C/c2c(O)ccc3ccccc23)c(OC)c1. The molecule has 0 saturated carbocycles. The Bertz CT molecular complexity index is 1090. The lowest BCUT2D eigenvalue weighted by atomic mass is 10.0. The molecular weight excluding hydrogens is 374 g/mol. The number of carbonyl (C=O) groups excluding carboxylic acids is 2. The highest BCUT2D eigenvalue weighted by molar-refractivity contribution is 6.39. The smallest absolute Gasteiger partial charge is 0.329 e. The van der Waals surface area contributed by atoms with Gasteiger partial charge in [0, 0.05) is 11.6 Å². The number of phenols is 1. The van der Waals surface area contributed by atoms with Crippen LogP contribution in [0.3, 0.4) is 0 Å². The maximum Gasteiger partial charge on any atom is 0.329 e. The number of ether oxygens (including phenoxy) is 2. The van der Waals surface area contributed by atoms with Gasteiger partial charge in [-0.15, -0.1) is 0 Å². The number of amides is 2. The highest BCUT2D eigenvalue weighted by Gasteiger charge is 2.16. The molecule has 0 aliphatic carbocycles. The predicted molar refractivity (Wildman–Crippen MR) is 110 cm³/mol. The van der Waals surface area contributed by atoms with E-state index in [1.165, 1.54) is 26.5 Å². The number of anilines is 1. The van der Waals surface area contributed by atoms with Gasteiger partial charge in [0.25, 0.3) is 0 Å². The Morgan fingerprint density at radius 1 is 1.00 bits per heavy atom. The number of rotatable bonds is 5. The van der Waals surface area contributed by atoms with Crippen LogP contribution in [0.25, 0.3) is 10.8 Å². The topological polar surface area (TPSA) is 109 Å². The molecule has 3 aromatic rings. The summed E-state index contributed by atoms with van der Waals surface area (Å²) < 4.78 is 10.3. The molecule has 0 aliphatic heterocycles. The van der Waals surface area contributed by atoms with Crippen molar-refractivity contribution in [3.05, 3.63) is 60.2 Å². The van der Waals surface area contributed by atoms with Crippen LogP contribution in [-0.2, 0) is 9.59 Å². The molecule has 0 heterocycles. The summed E-state index contributed by atoms with van der Waals surface area (Å²) in [5.41, 5.74) is 2.89. The van der Waals surface area contributed by atoms with Crippen molar-refractivity contribution >= 4 is 34.5 Å². The molecule has 29 heavy (non-hydrogen) atoms. The van der Waals surface area contributed by atoms with Crippen LogP contribution in [0.2, 0.25) is 0 Å². The zero-order chi connectivity index (χ0) is 20.8. The first-order valence-corrected chi connectivity index (χ1v) is 8.60. The summed E-state index contributed by atoms with van der Waals surface area (Å²) in [6, 6.07) is 15.5. The molecular formula is C21H19N3O5. The van der Waals surface area contributed by atoms with Gasteiger partial charge >= 0.3 is 11.8 Å². The first kappa shape index (κ1) is 19.7. The van der Waals surface area contributed by atoms with Gasteiger partial charge in [0.05, 0.1) is 26.1 Å². The van der Waals surface area contributed by atoms with Gasteiger partial charge < -0.3 is 19.9 Å². The van der Waals surface area contributed by atoms with Gasteiger partial charge in [-0.25, -0.2) is 5.43 Å². The Morgan fingerprint density at radius 3 is 2.55 bits per heavy atom. The van der Waals surface area contributed by atoms with E-state index in [9.17, 15) is 14.7 Å². The fourth-order valence-corrected chi connectivity index (χ4v) is 2.71. The van der Waals surface area contributed by atoms with E-state index in [-0.39, 0.29) is 5.75 Å². The summed E-state index contributed by atoms with van der Waals surface area (Å²) in [6.07, 6.45) is 1.29. The van der Waals surface area contributed by atoms with Crippen molar-refractivity contribution < 1.29 is 24.2 Å². The van der Waals surface area contributed by atoms with Gasteiger partial charge in [-0.1, -0.05) is 30.3 Å². The number of phenolic OH excluding ortho intramolecular Hbond substituents is 1. The maximum atomic E-state index is 12.1. The number of fused-ring (bicyclic) bond motifs is 1. The maximum absolute atomic E-state index is 12.1. The van der Waals surface area contributed by atoms with Crippen molar-refractivity contribution in [3.63, 3.8) is 0 Å². The molecule has 0 saturated heterocycles. The van der Waals surface area contributed by atoms with Crippen LogP contribution >= 0.6 is 0 Å². The molecule has 0 unspecified atom stereocenters. The number of methoxy groups -OCH3 is 2. The van der Waals surface area contributed by atoms with E-state index < -0.39 is 11.8 Å². The highest BCUT2D eigenvalue weighted by Crippen LogP contribution is 2.29. The Labute approximate surface area is 166 Å². The van der Waals surface area contributed by atoms with Gasteiger partial charge in [-0.3, -0.25) is 9.59 Å². The Hall–Kier alpha value is -4.07. The number of hydrogen-bond donors (Lipinski definition) is 3. The first-order chi connectivity index (χ1) is 14.0. The lowest BCUT2D eigenvalue weighted by Gasteiger charge is -2.11. The van der Waals surface area contributed by atoms with E-state index in [2.05, 4.69) is 15.8 Å². The van der Waals surface area contributed by atoms with E-state index in [0.29, 0.717) is 22.7 Å². The van der Waals surface area contributed by atoms with E-state index in [1.54, 1.807) is 24.3 Å². The summed E-state index contributed by atoms with van der Waals surface area (Å²) in [4.78, 5) is 24.2. The molecule has 8 nitrogen and oxygen atoms in total. The summed E-state index contributed by atoms with van der Waals surface area (Å²) in [7, 11) is 2.94. The van der Waals surface area contributed by atoms with Gasteiger partial charge in [-0.2, -0.15) is 5.10 Å². The number of carbonyl (C=O) groups is 2. The van der Waals surface area contributed by atoms with Crippen LogP contribution in [0, 0.1) is 0 Å². The van der Waals surface area contributed by atoms with Gasteiger partial charge in [-0.05, 0) is 29.0 Å². The van der Waals surface area contributed by atoms with Gasteiger partial charge in [0.15, 0.2) is 0 Å². The second kappa shape index (κ2) is 8.75. The fraction of sp³-hybridized carbons (Fsp3) is 0.0952. The zero-order valence-electron chi connectivity index (χ0n) is 15.8. The van der Waals surface area contributed by atoms with Crippen molar-refractivity contribution in [2.45, 2.75) is 0 Å². The number of hydrazone groups is 1. The monoisotopic (exact) mass is 393 g/mol. The van der Waals surface area contributed by atoms with Crippen molar-refractivity contribution in [1.82, 2.24) is 5.43 Å². The molecule has 0 aromatic heterocycles. The first-order valence-electron chi connectivity index (χ1n) is 8.60. The molecule has 8 heteroatoms.